The lowest BCUT2D eigenvalue weighted by atomic mass is 9.88. The first kappa shape index (κ1) is 58.7. The molecule has 77 heavy (non-hydrogen) atoms. The molecule has 6 N–H and O–H groups in total. The van der Waals surface area contributed by atoms with Crippen LogP contribution in [0.15, 0.2) is 49.1 Å². The molecule has 4 aliphatic rings. The van der Waals surface area contributed by atoms with Gasteiger partial charge in [-0.1, -0.05) is 90.6 Å². The molecule has 4 aliphatic heterocycles. The molecule has 438 valence electrons. The van der Waals surface area contributed by atoms with Gasteiger partial charge in [-0.25, -0.2) is 0 Å². The quantitative estimate of drug-likeness (QED) is 0.149. The van der Waals surface area contributed by atoms with E-state index in [1.54, 1.807) is 66.1 Å². The van der Waals surface area contributed by atoms with Crippen LogP contribution in [0.3, 0.4) is 0 Å². The Labute approximate surface area is 470 Å². The van der Waals surface area contributed by atoms with E-state index in [0.29, 0.717) is 64.7 Å². The molecule has 0 aromatic heterocycles. The molecule has 0 aromatic carbocycles. The summed E-state index contributed by atoms with van der Waals surface area (Å²) in [5, 5.41) is 35.2. The maximum Gasteiger partial charge on any atom is 0.241 e. The van der Waals surface area contributed by atoms with E-state index in [9.17, 15) is 48.6 Å². The molecular weight excluding hydrogens is 981 g/mol. The largest absolute Gasteiger partial charge is 1.00 e. The van der Waals surface area contributed by atoms with Gasteiger partial charge in [0.2, 0.25) is 11.8 Å². The SMILES string of the molecule is [2H-].[2H-].[2H]C([2H])([2H])C=CC=CC[C@@H](C)[C@@H](O)[C@H]1C(=O)CCCC(=O)[C@H](C(C)C)NC2C(=O)[C@@H](C)N2C(=O)[C@@H](C)NCCCN1C.[2H]C([2H])=CC=CC[C@@H](C)[C@@H](O)[C@H]1C(=O)CCCC(=O)[C@H](C(C)C)NC2C(=O)[C@@H](C)N2C(=O)[C@@H](C)NCCCN1C. The van der Waals surface area contributed by atoms with Crippen LogP contribution in [0.2, 0.25) is 0 Å². The van der Waals surface area contributed by atoms with Crippen LogP contribution in [0.5, 0.6) is 0 Å². The predicted molar refractivity (Wildman–Crippen MR) is 304 cm³/mol. The molecular formula is C59H100N8O10-2. The van der Waals surface area contributed by atoms with Gasteiger partial charge in [0.15, 0.2) is 23.1 Å². The molecule has 0 aliphatic carbocycles. The third kappa shape index (κ3) is 18.6. The standard InChI is InChI=1S/C30H50N4O5.C29H48N4O5.2H/c1-8-9-10-11-14-20(4)27(37)26-24(36)16-12-15-23(35)25(19(2)3)32-29-28(38)22(6)34(29)30(39)21(5)31-17-13-18-33(26)7;1-8-9-10-13-19(4)26(36)25-23(35)15-11-14-22(34)24(18(2)3)31-28-27(37)21(6)33(28)29(38)20(5)30-16-12-17-32(25)7;;/h8-11,19-22,25-27,29,31-32,37H,12-18H2,1-7H3;8-10,18-21,24-26,28,30-31,36H,1,11-17H2,2-7H3;;/q;;2*-1/t20-,21-,22-,25+,26-,27-,29?;19-,20-,21-,24+,25-,26-,28?;;/m11../s1/i1D3;1D2;2*1+1. The molecule has 0 bridgehead atoms. The van der Waals surface area contributed by atoms with E-state index in [4.69, 9.17) is 6.85 Å². The number of Topliss-reactive ketones (excluding diaryl/α,β-unsaturated/α-hetero) is 6. The average molecular weight is 1090 g/mol. The van der Waals surface area contributed by atoms with Crippen molar-refractivity contribution in [1.29, 1.82) is 0 Å². The van der Waals surface area contributed by atoms with E-state index in [0.717, 1.165) is 6.08 Å². The van der Waals surface area contributed by atoms with Crippen LogP contribution < -0.4 is 21.3 Å². The van der Waals surface area contributed by atoms with E-state index in [1.807, 2.05) is 51.3 Å². The van der Waals surface area contributed by atoms with Crippen LogP contribution in [0, 0.1) is 23.7 Å². The van der Waals surface area contributed by atoms with Crippen molar-refractivity contribution in [2.24, 2.45) is 23.7 Å². The highest BCUT2D eigenvalue weighted by Gasteiger charge is 2.51. The van der Waals surface area contributed by atoms with E-state index < -0.39 is 79.7 Å². The number of hydrogen-bond acceptors (Lipinski definition) is 16. The Balaban J connectivity index is 0.000000821. The summed E-state index contributed by atoms with van der Waals surface area (Å²) in [5.74, 6) is -1.99. The minimum absolute atomic E-state index is 0. The number of likely N-dealkylation sites (N-methyl/N-ethyl adjacent to an activating group) is 2. The number of allylic oxidation sites excluding steroid dienone is 7. The van der Waals surface area contributed by atoms with Gasteiger partial charge < -0.3 is 33.5 Å². The number of nitrogens with zero attached hydrogens (tertiary/aromatic N) is 4. The summed E-state index contributed by atoms with van der Waals surface area (Å²) in [6, 6.07) is -5.03. The van der Waals surface area contributed by atoms with Gasteiger partial charge in [-0.15, -0.1) is 0 Å². The highest BCUT2D eigenvalue weighted by atomic mass is 16.3. The van der Waals surface area contributed by atoms with Gasteiger partial charge in [0.25, 0.3) is 0 Å². The number of carbonyl (C=O) groups excluding carboxylic acids is 8. The van der Waals surface area contributed by atoms with Gasteiger partial charge in [0.1, 0.15) is 23.9 Å². The second-order valence-electron chi connectivity index (χ2n) is 22.5. The summed E-state index contributed by atoms with van der Waals surface area (Å²) in [6.45, 7) is 17.6. The summed E-state index contributed by atoms with van der Waals surface area (Å²) in [6.07, 6.45) is 10.4. The molecule has 4 fully saturated rings. The molecule has 2 amide bonds. The topological polar surface area (TPSA) is 238 Å². The van der Waals surface area contributed by atoms with Crippen LogP contribution in [-0.4, -0.2) is 189 Å². The zero-order valence-electron chi connectivity index (χ0n) is 55.1. The van der Waals surface area contributed by atoms with E-state index in [-0.39, 0.29) is 105 Å². The molecule has 4 heterocycles. The van der Waals surface area contributed by atoms with Gasteiger partial charge in [-0.3, -0.25) is 58.8 Å². The van der Waals surface area contributed by atoms with Gasteiger partial charge in [-0.2, -0.15) is 0 Å². The lowest BCUT2D eigenvalue weighted by molar-refractivity contribution is -0.162. The van der Waals surface area contributed by atoms with Crippen molar-refractivity contribution in [3.63, 3.8) is 0 Å². The van der Waals surface area contributed by atoms with Crippen molar-refractivity contribution < 1.29 is 58.3 Å². The fourth-order valence-corrected chi connectivity index (χ4v) is 10.7. The summed E-state index contributed by atoms with van der Waals surface area (Å²) in [7, 11) is 3.59. The van der Waals surface area contributed by atoms with Crippen molar-refractivity contribution >= 4 is 46.5 Å². The smallest absolute Gasteiger partial charge is 0.241 e. The normalized spacial score (nSPS) is 32.1. The fourth-order valence-electron chi connectivity index (χ4n) is 10.7. The van der Waals surface area contributed by atoms with Gasteiger partial charge in [0.05, 0.1) is 63.3 Å². The Morgan fingerprint density at radius 3 is 1.38 bits per heavy atom. The van der Waals surface area contributed by atoms with E-state index in [1.165, 1.54) is 22.0 Å². The lowest BCUT2D eigenvalue weighted by Gasteiger charge is -2.48. The van der Waals surface area contributed by atoms with Crippen molar-refractivity contribution in [2.45, 2.75) is 213 Å². The summed E-state index contributed by atoms with van der Waals surface area (Å²) in [5.41, 5.74) is 0. The molecule has 0 saturated carbocycles. The molecule has 0 radical (unpaired) electrons. The summed E-state index contributed by atoms with van der Waals surface area (Å²) < 4.78 is 36.0. The minimum atomic E-state index is -2.16. The number of hydrogen-bond donors (Lipinski definition) is 6. The molecule has 2 unspecified atom stereocenters. The van der Waals surface area contributed by atoms with Crippen LogP contribution in [0.4, 0.5) is 0 Å². The number of carbonyl (C=O) groups is 8. The Morgan fingerprint density at radius 1 is 0.610 bits per heavy atom. The zero-order chi connectivity index (χ0) is 61.9. The maximum absolute atomic E-state index is 13.5. The molecule has 0 spiro atoms. The Kier molecular flexibility index (Phi) is 24.9. The second-order valence-corrected chi connectivity index (χ2v) is 22.5. The number of rotatable bonds is 12. The Morgan fingerprint density at radius 2 is 1.00 bits per heavy atom. The van der Waals surface area contributed by atoms with Gasteiger partial charge in [0, 0.05) is 29.8 Å². The van der Waals surface area contributed by atoms with Gasteiger partial charge in [-0.05, 0) is 137 Å². The van der Waals surface area contributed by atoms with E-state index in [2.05, 4.69) is 21.3 Å². The fraction of sp³-hybridized carbons (Fsp3) is 0.729. The van der Waals surface area contributed by atoms with Crippen LogP contribution in [-0.2, 0) is 38.4 Å². The minimum Gasteiger partial charge on any atom is -1.00 e. The summed E-state index contributed by atoms with van der Waals surface area (Å²) >= 11 is 0. The zero-order valence-corrected chi connectivity index (χ0v) is 48.1. The van der Waals surface area contributed by atoms with Crippen molar-refractivity contribution in [1.82, 2.24) is 40.9 Å². The van der Waals surface area contributed by atoms with Crippen molar-refractivity contribution in [2.75, 3.05) is 40.3 Å². The first-order chi connectivity index (χ1) is 38.3. The number of fused-ring (bicyclic) bond motifs is 2. The highest BCUT2D eigenvalue weighted by molar-refractivity contribution is 6.04. The monoisotopic (exact) mass is 1090 g/mol. The molecule has 14 atom stereocenters. The number of aliphatic hydroxyl groups is 2. The molecule has 0 aromatic rings. The van der Waals surface area contributed by atoms with Crippen LogP contribution in [0.1, 0.15) is 150 Å². The highest BCUT2D eigenvalue weighted by Crippen LogP contribution is 2.27. The Hall–Kier alpha value is -4.40. The van der Waals surface area contributed by atoms with Crippen molar-refractivity contribution in [3.8, 4) is 0 Å². The van der Waals surface area contributed by atoms with Gasteiger partial charge >= 0.3 is 0 Å². The number of ketones is 6. The molecule has 4 rings (SSSR count). The molecule has 18 heteroatoms. The number of amides is 2. The maximum atomic E-state index is 13.5. The predicted octanol–water partition coefficient (Wildman–Crippen LogP) is 4.31. The van der Waals surface area contributed by atoms with E-state index >= 15 is 0 Å². The van der Waals surface area contributed by atoms with Crippen molar-refractivity contribution in [3.05, 3.63) is 49.1 Å². The second kappa shape index (κ2) is 32.6. The van der Waals surface area contributed by atoms with Crippen LogP contribution in [0.25, 0.3) is 0 Å². The van der Waals surface area contributed by atoms with Crippen LogP contribution >= 0.6 is 0 Å². The third-order valence-corrected chi connectivity index (χ3v) is 15.7. The summed E-state index contributed by atoms with van der Waals surface area (Å²) in [4.78, 5) is 112. The average Bonchev–Trinajstić information content (AvgIpc) is 3.58. The first-order valence-electron chi connectivity index (χ1n) is 30.6. The Bertz CT molecular complexity index is 2300. The molecule has 18 nitrogen and oxygen atoms in total. The lowest BCUT2D eigenvalue weighted by Crippen LogP contribution is -2.74. The number of aliphatic hydroxyl groups excluding tert-OH is 2. The first-order valence-corrected chi connectivity index (χ1v) is 28.1. The number of nitrogens with one attached hydrogen (secondary N) is 4. The third-order valence-electron chi connectivity index (χ3n) is 15.7. The molecule has 4 saturated heterocycles.